The van der Waals surface area contributed by atoms with Gasteiger partial charge in [0.05, 0.1) is 24.5 Å². The molecule has 0 saturated carbocycles. The maximum Gasteiger partial charge on any atom is 0.338 e. The second kappa shape index (κ2) is 4.58. The molecule has 1 N–H and O–H groups in total. The van der Waals surface area contributed by atoms with Gasteiger partial charge in [0.15, 0.2) is 5.13 Å². The average Bonchev–Trinajstić information content (AvgIpc) is 2.79. The molecule has 5 nitrogen and oxygen atoms in total. The van der Waals surface area contributed by atoms with E-state index in [1.165, 1.54) is 18.4 Å². The molecule has 0 amide bonds. The van der Waals surface area contributed by atoms with E-state index in [4.69, 9.17) is 9.47 Å². The molecule has 0 atom stereocenters. The molecule has 0 unspecified atom stereocenters. The first-order valence-corrected chi connectivity index (χ1v) is 5.76. The van der Waals surface area contributed by atoms with E-state index in [-0.39, 0.29) is 5.97 Å². The van der Waals surface area contributed by atoms with Crippen LogP contribution < -0.4 is 10.1 Å². The van der Waals surface area contributed by atoms with Gasteiger partial charge in [-0.2, -0.15) is 0 Å². The Morgan fingerprint density at radius 2 is 2.18 bits per heavy atom. The van der Waals surface area contributed by atoms with Crippen LogP contribution in [0.15, 0.2) is 12.1 Å². The highest BCUT2D eigenvalue weighted by Gasteiger charge is 2.14. The SMILES string of the molecule is CNc1nc2c(OC)cc(C(=O)OC)cc2s1. The van der Waals surface area contributed by atoms with Crippen LogP contribution in [0.25, 0.3) is 10.2 Å². The molecular formula is C11H12N2O3S. The van der Waals surface area contributed by atoms with E-state index in [9.17, 15) is 4.79 Å². The van der Waals surface area contributed by atoms with E-state index >= 15 is 0 Å². The number of ether oxygens (including phenoxy) is 2. The van der Waals surface area contributed by atoms with Crippen molar-refractivity contribution in [1.82, 2.24) is 4.98 Å². The van der Waals surface area contributed by atoms with Gasteiger partial charge in [0, 0.05) is 7.05 Å². The summed E-state index contributed by atoms with van der Waals surface area (Å²) in [6.45, 7) is 0. The second-order valence-corrected chi connectivity index (χ2v) is 4.32. The molecular weight excluding hydrogens is 240 g/mol. The molecule has 90 valence electrons. The predicted molar refractivity (Wildman–Crippen MR) is 67.1 cm³/mol. The van der Waals surface area contributed by atoms with Crippen LogP contribution in [0.2, 0.25) is 0 Å². The van der Waals surface area contributed by atoms with Gasteiger partial charge in [0.1, 0.15) is 11.3 Å². The van der Waals surface area contributed by atoms with Crippen molar-refractivity contribution in [2.45, 2.75) is 0 Å². The topological polar surface area (TPSA) is 60.5 Å². The van der Waals surface area contributed by atoms with Gasteiger partial charge >= 0.3 is 5.97 Å². The smallest absolute Gasteiger partial charge is 0.338 e. The van der Waals surface area contributed by atoms with Crippen molar-refractivity contribution in [1.29, 1.82) is 0 Å². The number of hydrogen-bond acceptors (Lipinski definition) is 6. The summed E-state index contributed by atoms with van der Waals surface area (Å²) in [5.41, 5.74) is 1.21. The lowest BCUT2D eigenvalue weighted by atomic mass is 10.2. The minimum atomic E-state index is -0.385. The van der Waals surface area contributed by atoms with Crippen LogP contribution in [0.1, 0.15) is 10.4 Å². The van der Waals surface area contributed by atoms with Crippen LogP contribution >= 0.6 is 11.3 Å². The van der Waals surface area contributed by atoms with Crippen LogP contribution in [0.5, 0.6) is 5.75 Å². The Labute approximate surface area is 102 Å². The van der Waals surface area contributed by atoms with Gasteiger partial charge in [-0.25, -0.2) is 9.78 Å². The number of carbonyl (C=O) groups is 1. The summed E-state index contributed by atoms with van der Waals surface area (Å²) >= 11 is 1.46. The molecule has 0 fully saturated rings. The number of methoxy groups -OCH3 is 2. The number of nitrogens with zero attached hydrogens (tertiary/aromatic N) is 1. The van der Waals surface area contributed by atoms with E-state index in [2.05, 4.69) is 10.3 Å². The van der Waals surface area contributed by atoms with Crippen molar-refractivity contribution >= 4 is 32.7 Å². The van der Waals surface area contributed by atoms with Gasteiger partial charge in [-0.3, -0.25) is 0 Å². The van der Waals surface area contributed by atoms with Gasteiger partial charge < -0.3 is 14.8 Å². The van der Waals surface area contributed by atoms with Gasteiger partial charge in [-0.15, -0.1) is 0 Å². The molecule has 17 heavy (non-hydrogen) atoms. The van der Waals surface area contributed by atoms with Gasteiger partial charge in [-0.05, 0) is 12.1 Å². The van der Waals surface area contributed by atoms with Crippen molar-refractivity contribution in [2.24, 2.45) is 0 Å². The highest BCUT2D eigenvalue weighted by atomic mass is 32.1. The number of hydrogen-bond donors (Lipinski definition) is 1. The molecule has 6 heteroatoms. The van der Waals surface area contributed by atoms with Crippen molar-refractivity contribution in [3.63, 3.8) is 0 Å². The maximum atomic E-state index is 11.5. The van der Waals surface area contributed by atoms with Gasteiger partial charge in [-0.1, -0.05) is 11.3 Å². The Balaban J connectivity index is 2.64. The van der Waals surface area contributed by atoms with E-state index < -0.39 is 0 Å². The zero-order chi connectivity index (χ0) is 12.4. The molecule has 0 radical (unpaired) electrons. The molecule has 2 rings (SSSR count). The first-order chi connectivity index (χ1) is 8.19. The summed E-state index contributed by atoms with van der Waals surface area (Å²) in [5.74, 6) is 0.185. The highest BCUT2D eigenvalue weighted by molar-refractivity contribution is 7.22. The number of nitrogens with one attached hydrogen (secondary N) is 1. The fourth-order valence-corrected chi connectivity index (χ4v) is 2.37. The summed E-state index contributed by atoms with van der Waals surface area (Å²) in [6, 6.07) is 3.38. The first-order valence-electron chi connectivity index (χ1n) is 4.94. The van der Waals surface area contributed by atoms with Crippen LogP contribution in [0.4, 0.5) is 5.13 Å². The number of aromatic nitrogens is 1. The maximum absolute atomic E-state index is 11.5. The molecule has 1 heterocycles. The largest absolute Gasteiger partial charge is 0.494 e. The third kappa shape index (κ3) is 2.03. The lowest BCUT2D eigenvalue weighted by Gasteiger charge is -2.03. The number of fused-ring (bicyclic) bond motifs is 1. The van der Waals surface area contributed by atoms with Crippen LogP contribution in [-0.4, -0.2) is 32.2 Å². The summed E-state index contributed by atoms with van der Waals surface area (Å²) in [6.07, 6.45) is 0. The third-order valence-corrected chi connectivity index (χ3v) is 3.33. The highest BCUT2D eigenvalue weighted by Crippen LogP contribution is 2.33. The Hall–Kier alpha value is -1.82. The quantitative estimate of drug-likeness (QED) is 0.848. The van der Waals surface area contributed by atoms with Crippen LogP contribution in [0.3, 0.4) is 0 Å². The van der Waals surface area contributed by atoms with Crippen molar-refractivity contribution in [2.75, 3.05) is 26.6 Å². The Morgan fingerprint density at radius 3 is 2.76 bits per heavy atom. The Kier molecular flexibility index (Phi) is 3.14. The van der Waals surface area contributed by atoms with Crippen molar-refractivity contribution in [3.05, 3.63) is 17.7 Å². The standard InChI is InChI=1S/C11H12N2O3S/c1-12-11-13-9-7(15-2)4-6(10(14)16-3)5-8(9)17-11/h4-5H,1-3H3,(H,12,13). The number of carbonyl (C=O) groups excluding carboxylic acids is 1. The molecule has 0 saturated heterocycles. The number of esters is 1. The Morgan fingerprint density at radius 1 is 1.41 bits per heavy atom. The molecule has 0 spiro atoms. The number of rotatable bonds is 3. The zero-order valence-corrected chi connectivity index (χ0v) is 10.6. The molecule has 1 aromatic carbocycles. The van der Waals surface area contributed by atoms with E-state index in [0.717, 1.165) is 15.3 Å². The summed E-state index contributed by atoms with van der Waals surface area (Å²) in [5, 5.41) is 3.74. The number of benzene rings is 1. The zero-order valence-electron chi connectivity index (χ0n) is 9.73. The summed E-state index contributed by atoms with van der Waals surface area (Å²) in [7, 11) is 4.70. The van der Waals surface area contributed by atoms with Crippen molar-refractivity contribution < 1.29 is 14.3 Å². The number of anilines is 1. The lowest BCUT2D eigenvalue weighted by Crippen LogP contribution is -2.01. The van der Waals surface area contributed by atoms with E-state index in [1.807, 2.05) is 0 Å². The lowest BCUT2D eigenvalue weighted by molar-refractivity contribution is 0.0600. The molecule has 2 aromatic rings. The summed E-state index contributed by atoms with van der Waals surface area (Å²) < 4.78 is 10.8. The third-order valence-electron chi connectivity index (χ3n) is 2.31. The van der Waals surface area contributed by atoms with Gasteiger partial charge in [0.2, 0.25) is 0 Å². The Bertz CT molecular complexity index is 565. The second-order valence-electron chi connectivity index (χ2n) is 3.29. The predicted octanol–water partition coefficient (Wildman–Crippen LogP) is 2.13. The molecule has 0 aliphatic heterocycles. The number of thiazole rings is 1. The normalized spacial score (nSPS) is 10.3. The van der Waals surface area contributed by atoms with Crippen LogP contribution in [0, 0.1) is 0 Å². The average molecular weight is 252 g/mol. The first kappa shape index (κ1) is 11.7. The molecule has 1 aromatic heterocycles. The fourth-order valence-electron chi connectivity index (χ4n) is 1.50. The van der Waals surface area contributed by atoms with Crippen LogP contribution in [-0.2, 0) is 4.74 Å². The van der Waals surface area contributed by atoms with Crippen molar-refractivity contribution in [3.8, 4) is 5.75 Å². The summed E-state index contributed by atoms with van der Waals surface area (Å²) in [4.78, 5) is 15.9. The molecule has 0 aliphatic rings. The van der Waals surface area contributed by atoms with E-state index in [0.29, 0.717) is 11.3 Å². The fraction of sp³-hybridized carbons (Fsp3) is 0.273. The molecule has 0 bridgehead atoms. The molecule has 0 aliphatic carbocycles. The monoisotopic (exact) mass is 252 g/mol. The van der Waals surface area contributed by atoms with Gasteiger partial charge in [0.25, 0.3) is 0 Å². The minimum absolute atomic E-state index is 0.385. The van der Waals surface area contributed by atoms with E-state index in [1.54, 1.807) is 26.3 Å². The minimum Gasteiger partial charge on any atom is -0.494 e.